The van der Waals surface area contributed by atoms with Crippen molar-refractivity contribution in [3.8, 4) is 0 Å². The van der Waals surface area contributed by atoms with Crippen LogP contribution in [0.4, 0.5) is 0 Å². The van der Waals surface area contributed by atoms with Gasteiger partial charge in [0.25, 0.3) is 5.91 Å². The van der Waals surface area contributed by atoms with E-state index in [0.29, 0.717) is 5.92 Å². The summed E-state index contributed by atoms with van der Waals surface area (Å²) < 4.78 is 4.39. The van der Waals surface area contributed by atoms with Gasteiger partial charge in [-0.05, 0) is 66.7 Å². The van der Waals surface area contributed by atoms with E-state index in [2.05, 4.69) is 60.1 Å². The lowest BCUT2D eigenvalue weighted by atomic mass is 9.96. The number of piperidine rings is 1. The van der Waals surface area contributed by atoms with Gasteiger partial charge in [0.05, 0.1) is 5.56 Å². The Hall–Kier alpha value is -2.08. The van der Waals surface area contributed by atoms with Crippen molar-refractivity contribution >= 4 is 5.91 Å². The monoisotopic (exact) mass is 385 g/mol. The molecular weight excluding hydrogens is 350 g/mol. The number of carbonyl (C=O) groups excluding carboxylic acids is 1. The van der Waals surface area contributed by atoms with Gasteiger partial charge in [-0.1, -0.05) is 0 Å². The molecule has 0 spiro atoms. The van der Waals surface area contributed by atoms with Crippen LogP contribution in [0.1, 0.15) is 62.1 Å². The molecule has 1 atom stereocenters. The van der Waals surface area contributed by atoms with Crippen LogP contribution in [-0.4, -0.2) is 63.6 Å². The first-order valence-electron chi connectivity index (χ1n) is 10.4. The molecule has 0 bridgehead atoms. The summed E-state index contributed by atoms with van der Waals surface area (Å²) >= 11 is 0. The van der Waals surface area contributed by atoms with E-state index in [0.717, 1.165) is 56.8 Å². The predicted octanol–water partition coefficient (Wildman–Crippen LogP) is 3.41. The van der Waals surface area contributed by atoms with Gasteiger partial charge >= 0.3 is 0 Å². The summed E-state index contributed by atoms with van der Waals surface area (Å²) in [6, 6.07) is 1.94. The van der Waals surface area contributed by atoms with E-state index in [-0.39, 0.29) is 11.4 Å². The minimum absolute atomic E-state index is 0.0136. The molecule has 2 aromatic rings. The third-order valence-corrected chi connectivity index (χ3v) is 5.54. The maximum Gasteiger partial charge on any atom is 0.255 e. The number of carbonyl (C=O) groups is 1. The zero-order chi connectivity index (χ0) is 20.3. The van der Waals surface area contributed by atoms with Gasteiger partial charge in [0.1, 0.15) is 5.82 Å². The van der Waals surface area contributed by atoms with Crippen molar-refractivity contribution in [1.82, 2.24) is 23.9 Å². The Labute approximate surface area is 169 Å². The van der Waals surface area contributed by atoms with Crippen LogP contribution in [0.25, 0.3) is 0 Å². The average molecular weight is 386 g/mol. The highest BCUT2D eigenvalue weighted by Crippen LogP contribution is 2.27. The molecule has 1 aliphatic rings. The third-order valence-electron chi connectivity index (χ3n) is 5.54. The minimum Gasteiger partial charge on any atom is -0.348 e. The highest BCUT2D eigenvalue weighted by atomic mass is 16.2. The van der Waals surface area contributed by atoms with Crippen LogP contribution in [0, 0.1) is 0 Å². The molecule has 2 aromatic heterocycles. The van der Waals surface area contributed by atoms with Crippen molar-refractivity contribution in [2.24, 2.45) is 0 Å². The molecule has 154 valence electrons. The molecule has 1 unspecified atom stereocenters. The molecular formula is C22H35N5O. The largest absolute Gasteiger partial charge is 0.348 e. The van der Waals surface area contributed by atoms with Gasteiger partial charge in [0.2, 0.25) is 0 Å². The number of hydrogen-bond acceptors (Lipinski definition) is 3. The first-order valence-corrected chi connectivity index (χ1v) is 10.4. The second-order valence-corrected chi connectivity index (χ2v) is 9.20. The van der Waals surface area contributed by atoms with Crippen molar-refractivity contribution in [2.45, 2.75) is 58.0 Å². The van der Waals surface area contributed by atoms with Gasteiger partial charge in [-0.3, -0.25) is 4.79 Å². The SMILES string of the molecule is CN(C)CCCn1ccnc1C1CCCN(C(=O)c2ccn(C(C)(C)C)c2)C1. The summed E-state index contributed by atoms with van der Waals surface area (Å²) in [6.45, 7) is 10.1. The Morgan fingerprint density at radius 2 is 2.07 bits per heavy atom. The van der Waals surface area contributed by atoms with Crippen LogP contribution in [-0.2, 0) is 12.1 Å². The van der Waals surface area contributed by atoms with Crippen LogP contribution in [0.5, 0.6) is 0 Å². The molecule has 6 heteroatoms. The maximum atomic E-state index is 13.1. The van der Waals surface area contributed by atoms with Gasteiger partial charge in [0, 0.05) is 55.9 Å². The van der Waals surface area contributed by atoms with E-state index < -0.39 is 0 Å². The summed E-state index contributed by atoms with van der Waals surface area (Å²) in [5.74, 6) is 1.58. The smallest absolute Gasteiger partial charge is 0.255 e. The fraction of sp³-hybridized carbons (Fsp3) is 0.636. The number of aromatic nitrogens is 3. The molecule has 1 aliphatic heterocycles. The van der Waals surface area contributed by atoms with Crippen molar-refractivity contribution in [3.05, 3.63) is 42.2 Å². The Morgan fingerprint density at radius 1 is 1.29 bits per heavy atom. The summed E-state index contributed by atoms with van der Waals surface area (Å²) in [4.78, 5) is 21.9. The van der Waals surface area contributed by atoms with Gasteiger partial charge < -0.3 is 18.9 Å². The fourth-order valence-corrected chi connectivity index (χ4v) is 3.92. The summed E-state index contributed by atoms with van der Waals surface area (Å²) in [5.41, 5.74) is 0.769. The van der Waals surface area contributed by atoms with Crippen LogP contribution >= 0.6 is 0 Å². The Balaban J connectivity index is 1.67. The zero-order valence-electron chi connectivity index (χ0n) is 18.1. The van der Waals surface area contributed by atoms with Crippen LogP contribution in [0.15, 0.2) is 30.9 Å². The molecule has 1 fully saturated rings. The molecule has 0 saturated carbocycles. The minimum atomic E-state index is -0.0136. The highest BCUT2D eigenvalue weighted by molar-refractivity contribution is 5.94. The van der Waals surface area contributed by atoms with Crippen molar-refractivity contribution < 1.29 is 4.79 Å². The fourth-order valence-electron chi connectivity index (χ4n) is 3.92. The first-order chi connectivity index (χ1) is 13.3. The number of likely N-dealkylation sites (tertiary alicyclic amines) is 1. The van der Waals surface area contributed by atoms with Crippen molar-refractivity contribution in [2.75, 3.05) is 33.7 Å². The Kier molecular flexibility index (Phi) is 6.28. The first kappa shape index (κ1) is 20.6. The normalized spacial score (nSPS) is 18.1. The molecule has 0 aliphatic carbocycles. The second-order valence-electron chi connectivity index (χ2n) is 9.20. The van der Waals surface area contributed by atoms with E-state index >= 15 is 0 Å². The zero-order valence-corrected chi connectivity index (χ0v) is 18.1. The summed E-state index contributed by atoms with van der Waals surface area (Å²) in [5, 5.41) is 0. The lowest BCUT2D eigenvalue weighted by Crippen LogP contribution is -2.39. The molecule has 0 aromatic carbocycles. The molecule has 0 N–H and O–H groups in total. The average Bonchev–Trinajstić information content (AvgIpc) is 3.30. The molecule has 6 nitrogen and oxygen atoms in total. The van der Waals surface area contributed by atoms with Crippen LogP contribution in [0.2, 0.25) is 0 Å². The maximum absolute atomic E-state index is 13.1. The van der Waals surface area contributed by atoms with Gasteiger partial charge in [-0.15, -0.1) is 0 Å². The van der Waals surface area contributed by atoms with Gasteiger partial charge in [-0.2, -0.15) is 0 Å². The molecule has 3 heterocycles. The lowest BCUT2D eigenvalue weighted by Gasteiger charge is -2.32. The number of imidazole rings is 1. The molecule has 0 radical (unpaired) electrons. The highest BCUT2D eigenvalue weighted by Gasteiger charge is 2.28. The Bertz CT molecular complexity index is 783. The van der Waals surface area contributed by atoms with E-state index in [9.17, 15) is 4.79 Å². The van der Waals surface area contributed by atoms with Crippen LogP contribution < -0.4 is 0 Å². The van der Waals surface area contributed by atoms with Gasteiger partial charge in [-0.25, -0.2) is 4.98 Å². The van der Waals surface area contributed by atoms with E-state index in [1.165, 1.54) is 0 Å². The molecule has 28 heavy (non-hydrogen) atoms. The Morgan fingerprint density at radius 3 is 2.75 bits per heavy atom. The number of amides is 1. The van der Waals surface area contributed by atoms with Gasteiger partial charge in [0.15, 0.2) is 0 Å². The lowest BCUT2D eigenvalue weighted by molar-refractivity contribution is 0.0703. The van der Waals surface area contributed by atoms with Crippen molar-refractivity contribution in [1.29, 1.82) is 0 Å². The third kappa shape index (κ3) is 4.85. The molecule has 1 saturated heterocycles. The van der Waals surface area contributed by atoms with E-state index in [4.69, 9.17) is 0 Å². The quantitative estimate of drug-likeness (QED) is 0.765. The second kappa shape index (κ2) is 8.52. The number of nitrogens with zero attached hydrogens (tertiary/aromatic N) is 5. The van der Waals surface area contributed by atoms with E-state index in [1.54, 1.807) is 0 Å². The number of hydrogen-bond donors (Lipinski definition) is 0. The summed E-state index contributed by atoms with van der Waals surface area (Å²) in [6.07, 6.45) is 11.2. The predicted molar refractivity (Wildman–Crippen MR) is 113 cm³/mol. The topological polar surface area (TPSA) is 46.3 Å². The van der Waals surface area contributed by atoms with E-state index in [1.807, 2.05) is 29.6 Å². The standard InChI is InChI=1S/C22H35N5O/c1-22(2,3)27-14-9-19(17-27)21(28)26-12-6-8-18(16-26)20-23-10-15-25(20)13-7-11-24(4)5/h9-10,14-15,17-18H,6-8,11-13,16H2,1-5H3. The molecule has 1 amide bonds. The number of rotatable bonds is 6. The number of aryl methyl sites for hydroxylation is 1. The molecule has 3 rings (SSSR count). The summed E-state index contributed by atoms with van der Waals surface area (Å²) in [7, 11) is 4.21. The van der Waals surface area contributed by atoms with Crippen LogP contribution in [0.3, 0.4) is 0 Å². The van der Waals surface area contributed by atoms with Crippen molar-refractivity contribution in [3.63, 3.8) is 0 Å².